The first-order valence-electron chi connectivity index (χ1n) is 0.859. The molecule has 0 bridgehead atoms. The maximum absolute atomic E-state index is 7.80. The molecule has 1 nitrogen and oxygen atoms in total. The summed E-state index contributed by atoms with van der Waals surface area (Å²) in [6, 6.07) is 0. The summed E-state index contributed by atoms with van der Waals surface area (Å²) in [5, 5.41) is 7.80. The SMILES string of the molecule is O[CH2][Ge][Cl]. The molecule has 1 N–H and O–H groups in total. The Bertz CT molecular complexity index is 10.0. The maximum atomic E-state index is 7.80. The second-order valence-corrected chi connectivity index (χ2v) is 2.90. The average Bonchev–Trinajstić information content (AvgIpc) is 1.37. The van der Waals surface area contributed by atoms with Gasteiger partial charge in [-0.25, -0.2) is 0 Å². The molecule has 0 aliphatic heterocycles. The van der Waals surface area contributed by atoms with Crippen LogP contribution in [0.1, 0.15) is 0 Å². The molecule has 0 rings (SSSR count). The van der Waals surface area contributed by atoms with Crippen LogP contribution in [0.2, 0.25) is 0 Å². The van der Waals surface area contributed by atoms with E-state index >= 15 is 0 Å². The molecule has 0 aromatic carbocycles. The van der Waals surface area contributed by atoms with Crippen LogP contribution >= 0.6 is 10.0 Å². The number of hydrogen-bond acceptors (Lipinski definition) is 1. The molecule has 4 heavy (non-hydrogen) atoms. The molecule has 0 aliphatic carbocycles. The van der Waals surface area contributed by atoms with Gasteiger partial charge in [0.2, 0.25) is 0 Å². The first-order valence-corrected chi connectivity index (χ1v) is 5.10. The van der Waals surface area contributed by atoms with Crippen molar-refractivity contribution in [2.75, 3.05) is 5.44 Å². The van der Waals surface area contributed by atoms with Crippen molar-refractivity contribution in [2.24, 2.45) is 0 Å². The zero-order valence-corrected chi connectivity index (χ0v) is 4.89. The van der Waals surface area contributed by atoms with E-state index < -0.39 is 14.5 Å². The number of hydrogen-bond donors (Lipinski definition) is 1. The van der Waals surface area contributed by atoms with Gasteiger partial charge < -0.3 is 0 Å². The Hall–Kier alpha value is 0.793. The van der Waals surface area contributed by atoms with Crippen LogP contribution in [0.15, 0.2) is 0 Å². The zero-order valence-electron chi connectivity index (χ0n) is 2.03. The van der Waals surface area contributed by atoms with E-state index in [4.69, 9.17) is 15.1 Å². The topological polar surface area (TPSA) is 20.2 Å². The van der Waals surface area contributed by atoms with E-state index in [-0.39, 0.29) is 5.44 Å². The van der Waals surface area contributed by atoms with Crippen molar-refractivity contribution in [3.05, 3.63) is 0 Å². The van der Waals surface area contributed by atoms with E-state index in [1.807, 2.05) is 0 Å². The quantitative estimate of drug-likeness (QED) is 0.498. The molecule has 0 aromatic heterocycles. The third-order valence-electron chi connectivity index (χ3n) is 0.0598. The Kier molecular flexibility index (Phi) is 4.54. The number of rotatable bonds is 1. The molecule has 0 aromatic rings. The summed E-state index contributed by atoms with van der Waals surface area (Å²) in [5.41, 5.74) is 0.210. The Labute approximate surface area is 35.6 Å². The first-order chi connectivity index (χ1) is 1.91. The van der Waals surface area contributed by atoms with Crippen molar-refractivity contribution in [1.29, 1.82) is 0 Å². The molecular formula is CH3ClGeO. The molecule has 24 valence electrons. The van der Waals surface area contributed by atoms with Crippen LogP contribution in [0.3, 0.4) is 0 Å². The summed E-state index contributed by atoms with van der Waals surface area (Å²) in [6.07, 6.45) is 0. The summed E-state index contributed by atoms with van der Waals surface area (Å²) in [4.78, 5) is 0. The van der Waals surface area contributed by atoms with Gasteiger partial charge in [-0.3, -0.25) is 0 Å². The molecule has 0 saturated carbocycles. The van der Waals surface area contributed by atoms with Gasteiger partial charge in [0.25, 0.3) is 0 Å². The van der Waals surface area contributed by atoms with Gasteiger partial charge in [0.1, 0.15) is 0 Å². The molecule has 0 unspecified atom stereocenters. The van der Waals surface area contributed by atoms with Crippen LogP contribution in [0.4, 0.5) is 0 Å². The van der Waals surface area contributed by atoms with Crippen LogP contribution in [0.5, 0.6) is 0 Å². The summed E-state index contributed by atoms with van der Waals surface area (Å²) < 4.78 is 0. The van der Waals surface area contributed by atoms with E-state index in [9.17, 15) is 0 Å². The molecular weight excluding hydrogens is 136 g/mol. The zero-order chi connectivity index (χ0) is 3.41. The summed E-state index contributed by atoms with van der Waals surface area (Å²) in [7, 11) is 5.06. The third-order valence-corrected chi connectivity index (χ3v) is 0.932. The van der Waals surface area contributed by atoms with Gasteiger partial charge in [-0.1, -0.05) is 0 Å². The third kappa shape index (κ3) is 2.79. The van der Waals surface area contributed by atoms with E-state index in [0.29, 0.717) is 0 Å². The first kappa shape index (κ1) is 4.79. The summed E-state index contributed by atoms with van der Waals surface area (Å²) in [6.45, 7) is 0. The fourth-order valence-corrected chi connectivity index (χ4v) is 0. The molecule has 3 heteroatoms. The van der Waals surface area contributed by atoms with Crippen LogP contribution in [0.25, 0.3) is 0 Å². The van der Waals surface area contributed by atoms with Crippen molar-refractivity contribution in [3.8, 4) is 0 Å². The van der Waals surface area contributed by atoms with Gasteiger partial charge in [0, 0.05) is 0 Å². The Morgan fingerprint density at radius 1 is 2.00 bits per heavy atom. The summed E-state index contributed by atoms with van der Waals surface area (Å²) >= 11 is -0.458. The van der Waals surface area contributed by atoms with Crippen LogP contribution in [0, 0.1) is 0 Å². The normalized spacial score (nSPS) is 7.50. The average molecular weight is 139 g/mol. The van der Waals surface area contributed by atoms with Crippen molar-refractivity contribution in [1.82, 2.24) is 0 Å². The minimum absolute atomic E-state index is 0.210. The Balaban J connectivity index is 1.97. The van der Waals surface area contributed by atoms with Crippen LogP contribution in [-0.4, -0.2) is 25.0 Å². The molecule has 0 aliphatic rings. The van der Waals surface area contributed by atoms with E-state index in [0.717, 1.165) is 0 Å². The van der Waals surface area contributed by atoms with Gasteiger partial charge >= 0.3 is 35.1 Å². The standard InChI is InChI=1S/CH3ClGeO/c2-3-1-4/h4H,1H2. The molecule has 2 radical (unpaired) electrons. The van der Waals surface area contributed by atoms with Crippen molar-refractivity contribution < 1.29 is 5.11 Å². The van der Waals surface area contributed by atoms with Gasteiger partial charge in [0.05, 0.1) is 0 Å². The minimum atomic E-state index is -0.458. The molecule has 0 spiro atoms. The molecule has 0 fully saturated rings. The molecule has 0 atom stereocenters. The molecule has 0 heterocycles. The Morgan fingerprint density at radius 2 is 2.25 bits per heavy atom. The fraction of sp³-hybridized carbons (Fsp3) is 1.00. The van der Waals surface area contributed by atoms with Gasteiger partial charge in [-0.15, -0.1) is 0 Å². The van der Waals surface area contributed by atoms with Crippen LogP contribution < -0.4 is 0 Å². The number of aliphatic hydroxyl groups excluding tert-OH is 1. The van der Waals surface area contributed by atoms with Gasteiger partial charge in [-0.05, 0) is 0 Å². The number of halogens is 1. The Morgan fingerprint density at radius 3 is 2.25 bits per heavy atom. The van der Waals surface area contributed by atoms with E-state index in [1.165, 1.54) is 0 Å². The molecule has 0 amide bonds. The second-order valence-electron chi connectivity index (χ2n) is 0.292. The molecule has 0 saturated heterocycles. The second kappa shape index (κ2) is 3.79. The van der Waals surface area contributed by atoms with Crippen molar-refractivity contribution in [3.63, 3.8) is 0 Å². The monoisotopic (exact) mass is 140 g/mol. The summed E-state index contributed by atoms with van der Waals surface area (Å²) in [5.74, 6) is 0. The van der Waals surface area contributed by atoms with Gasteiger partial charge in [-0.2, -0.15) is 0 Å². The number of aliphatic hydroxyl groups is 1. The predicted octanol–water partition coefficient (Wildman–Crippen LogP) is -0.206. The predicted molar refractivity (Wildman–Crippen MR) is 18.7 cm³/mol. The van der Waals surface area contributed by atoms with Crippen molar-refractivity contribution in [2.45, 2.75) is 0 Å². The van der Waals surface area contributed by atoms with E-state index in [1.54, 1.807) is 0 Å². The fourth-order valence-electron chi connectivity index (χ4n) is 0. The van der Waals surface area contributed by atoms with Crippen molar-refractivity contribution >= 4 is 24.5 Å². The van der Waals surface area contributed by atoms with Crippen LogP contribution in [-0.2, 0) is 0 Å². The van der Waals surface area contributed by atoms with Gasteiger partial charge in [0.15, 0.2) is 0 Å². The van der Waals surface area contributed by atoms with E-state index in [2.05, 4.69) is 0 Å².